The van der Waals surface area contributed by atoms with Crippen molar-refractivity contribution < 1.29 is 9.59 Å². The van der Waals surface area contributed by atoms with Crippen LogP contribution in [-0.4, -0.2) is 17.4 Å². The van der Waals surface area contributed by atoms with E-state index in [0.717, 1.165) is 0 Å². The van der Waals surface area contributed by atoms with E-state index in [-0.39, 0.29) is 22.4 Å². The zero-order chi connectivity index (χ0) is 17.9. The van der Waals surface area contributed by atoms with Crippen LogP contribution in [0.1, 0.15) is 41.5 Å². The van der Waals surface area contributed by atoms with Gasteiger partial charge in [-0.15, -0.1) is 0 Å². The molecule has 126 valence electrons. The Labute approximate surface area is 151 Å². The molecule has 4 nitrogen and oxygen atoms in total. The maximum Gasteiger partial charge on any atom is 0.257 e. The zero-order valence-electron chi connectivity index (χ0n) is 13.6. The van der Waals surface area contributed by atoms with Gasteiger partial charge in [-0.25, -0.2) is 0 Å². The van der Waals surface area contributed by atoms with Crippen LogP contribution in [0, 0.1) is 0 Å². The molecule has 2 rings (SSSR count). The molecule has 0 bridgehead atoms. The first-order valence-corrected chi connectivity index (χ1v) is 8.11. The van der Waals surface area contributed by atoms with Crippen LogP contribution < -0.4 is 10.6 Å². The predicted octanol–water partition coefficient (Wildman–Crippen LogP) is 4.77. The molecule has 0 atom stereocenters. The van der Waals surface area contributed by atoms with Crippen molar-refractivity contribution in [3.63, 3.8) is 0 Å². The third-order valence-electron chi connectivity index (χ3n) is 3.09. The highest BCUT2D eigenvalue weighted by Crippen LogP contribution is 2.26. The molecule has 0 saturated carbocycles. The van der Waals surface area contributed by atoms with Gasteiger partial charge in [0.2, 0.25) is 0 Å². The van der Waals surface area contributed by atoms with Crippen LogP contribution in [0.2, 0.25) is 10.0 Å². The second-order valence-electron chi connectivity index (χ2n) is 6.34. The molecule has 6 heteroatoms. The van der Waals surface area contributed by atoms with Crippen molar-refractivity contribution in [1.29, 1.82) is 0 Å². The van der Waals surface area contributed by atoms with Gasteiger partial charge in [0.1, 0.15) is 0 Å². The van der Waals surface area contributed by atoms with Gasteiger partial charge in [0.15, 0.2) is 0 Å². The number of anilines is 1. The van der Waals surface area contributed by atoms with Crippen molar-refractivity contribution >= 4 is 40.7 Å². The van der Waals surface area contributed by atoms with E-state index in [1.54, 1.807) is 42.5 Å². The summed E-state index contributed by atoms with van der Waals surface area (Å²) >= 11 is 11.9. The minimum absolute atomic E-state index is 0.168. The molecule has 0 unspecified atom stereocenters. The van der Waals surface area contributed by atoms with Crippen molar-refractivity contribution in [1.82, 2.24) is 5.32 Å². The van der Waals surface area contributed by atoms with Gasteiger partial charge in [-0.3, -0.25) is 9.59 Å². The molecule has 0 radical (unpaired) electrons. The molecule has 2 amide bonds. The van der Waals surface area contributed by atoms with Gasteiger partial charge in [-0.1, -0.05) is 29.3 Å². The van der Waals surface area contributed by atoms with Crippen molar-refractivity contribution in [3.05, 3.63) is 63.6 Å². The first-order chi connectivity index (χ1) is 11.2. The first-order valence-electron chi connectivity index (χ1n) is 7.35. The quantitative estimate of drug-likeness (QED) is 0.823. The van der Waals surface area contributed by atoms with E-state index < -0.39 is 0 Å². The monoisotopic (exact) mass is 364 g/mol. The summed E-state index contributed by atoms with van der Waals surface area (Å²) in [7, 11) is 0. The molecule has 2 aromatic carbocycles. The molecular weight excluding hydrogens is 347 g/mol. The summed E-state index contributed by atoms with van der Waals surface area (Å²) in [6.07, 6.45) is 0. The van der Waals surface area contributed by atoms with Crippen molar-refractivity contribution in [3.8, 4) is 0 Å². The van der Waals surface area contributed by atoms with Crippen LogP contribution >= 0.6 is 23.2 Å². The molecule has 0 saturated heterocycles. The summed E-state index contributed by atoms with van der Waals surface area (Å²) < 4.78 is 0. The summed E-state index contributed by atoms with van der Waals surface area (Å²) in [5.41, 5.74) is 1.05. The SMILES string of the molecule is CC(C)(C)NC(=O)c1ccc(NC(=O)c2cccc(Cl)c2Cl)cc1. The largest absolute Gasteiger partial charge is 0.347 e. The van der Waals surface area contributed by atoms with E-state index >= 15 is 0 Å². The molecule has 0 aliphatic carbocycles. The summed E-state index contributed by atoms with van der Waals surface area (Å²) in [5, 5.41) is 6.13. The number of halogens is 2. The van der Waals surface area contributed by atoms with Crippen LogP contribution in [0.3, 0.4) is 0 Å². The van der Waals surface area contributed by atoms with E-state index in [4.69, 9.17) is 23.2 Å². The Morgan fingerprint density at radius 2 is 1.54 bits per heavy atom. The molecule has 0 aliphatic heterocycles. The van der Waals surface area contributed by atoms with Crippen LogP contribution in [0.25, 0.3) is 0 Å². The van der Waals surface area contributed by atoms with Gasteiger partial charge < -0.3 is 10.6 Å². The van der Waals surface area contributed by atoms with Gasteiger partial charge in [0.05, 0.1) is 15.6 Å². The molecule has 0 fully saturated rings. The summed E-state index contributed by atoms with van der Waals surface area (Å²) in [6, 6.07) is 11.5. The van der Waals surface area contributed by atoms with E-state index in [0.29, 0.717) is 21.8 Å². The standard InChI is InChI=1S/C18H18Cl2N2O2/c1-18(2,3)22-16(23)11-7-9-12(10-8-11)21-17(24)13-5-4-6-14(19)15(13)20/h4-10H,1-3H3,(H,21,24)(H,22,23). The highest BCUT2D eigenvalue weighted by atomic mass is 35.5. The smallest absolute Gasteiger partial charge is 0.257 e. The summed E-state index contributed by atoms with van der Waals surface area (Å²) in [4.78, 5) is 24.3. The Kier molecular flexibility index (Phi) is 5.52. The number of amides is 2. The fourth-order valence-electron chi connectivity index (χ4n) is 2.00. The highest BCUT2D eigenvalue weighted by Gasteiger charge is 2.16. The van der Waals surface area contributed by atoms with E-state index in [2.05, 4.69) is 10.6 Å². The first kappa shape index (κ1) is 18.3. The number of carbonyl (C=O) groups excluding carboxylic acids is 2. The fraction of sp³-hybridized carbons (Fsp3) is 0.222. The number of hydrogen-bond acceptors (Lipinski definition) is 2. The average Bonchev–Trinajstić information content (AvgIpc) is 2.49. The Balaban J connectivity index is 2.10. The van der Waals surface area contributed by atoms with Crippen molar-refractivity contribution in [2.45, 2.75) is 26.3 Å². The molecule has 2 N–H and O–H groups in total. The summed E-state index contributed by atoms with van der Waals surface area (Å²) in [6.45, 7) is 5.73. The third kappa shape index (κ3) is 4.73. The predicted molar refractivity (Wildman–Crippen MR) is 98.1 cm³/mol. The second-order valence-corrected chi connectivity index (χ2v) is 7.12. The topological polar surface area (TPSA) is 58.2 Å². The number of nitrogens with one attached hydrogen (secondary N) is 2. The number of hydrogen-bond donors (Lipinski definition) is 2. The summed E-state index contributed by atoms with van der Waals surface area (Å²) in [5.74, 6) is -0.535. The Morgan fingerprint density at radius 1 is 0.917 bits per heavy atom. The molecule has 0 aliphatic rings. The maximum absolute atomic E-state index is 12.3. The van der Waals surface area contributed by atoms with E-state index in [1.165, 1.54) is 0 Å². The van der Waals surface area contributed by atoms with Crippen LogP contribution in [-0.2, 0) is 0 Å². The maximum atomic E-state index is 12.3. The Hall–Kier alpha value is -2.04. The number of carbonyl (C=O) groups is 2. The average molecular weight is 365 g/mol. The second kappa shape index (κ2) is 7.24. The minimum Gasteiger partial charge on any atom is -0.347 e. The zero-order valence-corrected chi connectivity index (χ0v) is 15.1. The molecule has 0 heterocycles. The molecule has 24 heavy (non-hydrogen) atoms. The van der Waals surface area contributed by atoms with Crippen LogP contribution in [0.4, 0.5) is 5.69 Å². The lowest BCUT2D eigenvalue weighted by atomic mass is 10.1. The van der Waals surface area contributed by atoms with Crippen LogP contribution in [0.5, 0.6) is 0 Å². The van der Waals surface area contributed by atoms with E-state index in [9.17, 15) is 9.59 Å². The fourth-order valence-corrected chi connectivity index (χ4v) is 2.38. The normalized spacial score (nSPS) is 11.0. The Bertz CT molecular complexity index is 766. The Morgan fingerprint density at radius 3 is 2.12 bits per heavy atom. The van der Waals surface area contributed by atoms with Gasteiger partial charge in [-0.2, -0.15) is 0 Å². The highest BCUT2D eigenvalue weighted by molar-refractivity contribution is 6.44. The lowest BCUT2D eigenvalue weighted by Crippen LogP contribution is -2.40. The number of rotatable bonds is 3. The lowest BCUT2D eigenvalue weighted by Gasteiger charge is -2.20. The third-order valence-corrected chi connectivity index (χ3v) is 3.91. The van der Waals surface area contributed by atoms with Gasteiger partial charge in [0, 0.05) is 16.8 Å². The lowest BCUT2D eigenvalue weighted by molar-refractivity contribution is 0.0919. The molecular formula is C18H18Cl2N2O2. The minimum atomic E-state index is -0.366. The van der Waals surface area contributed by atoms with Crippen molar-refractivity contribution in [2.24, 2.45) is 0 Å². The molecule has 0 aromatic heterocycles. The van der Waals surface area contributed by atoms with Gasteiger partial charge in [0.25, 0.3) is 11.8 Å². The molecule has 0 spiro atoms. The van der Waals surface area contributed by atoms with Crippen molar-refractivity contribution in [2.75, 3.05) is 5.32 Å². The van der Waals surface area contributed by atoms with Gasteiger partial charge in [-0.05, 0) is 57.2 Å². The van der Waals surface area contributed by atoms with E-state index in [1.807, 2.05) is 20.8 Å². The van der Waals surface area contributed by atoms with Gasteiger partial charge >= 0.3 is 0 Å². The number of benzene rings is 2. The molecule has 2 aromatic rings. The van der Waals surface area contributed by atoms with Crippen LogP contribution in [0.15, 0.2) is 42.5 Å².